The SMILES string of the molecule is CC(C)C(CCO)NC(=O)NC1CCN(c2ccccn2)CC1. The lowest BCUT2D eigenvalue weighted by atomic mass is 10.0. The van der Waals surface area contributed by atoms with Crippen LogP contribution in [-0.2, 0) is 0 Å². The molecule has 1 unspecified atom stereocenters. The highest BCUT2D eigenvalue weighted by Gasteiger charge is 2.23. The fourth-order valence-corrected chi connectivity index (χ4v) is 2.90. The standard InChI is InChI=1S/C17H28N4O2/c1-13(2)15(8-12-22)20-17(23)19-14-6-10-21(11-7-14)16-5-3-4-9-18-16/h3-5,9,13-15,22H,6-8,10-12H2,1-2H3,(H2,19,20,23). The van der Waals surface area contributed by atoms with E-state index < -0.39 is 0 Å². The predicted octanol–water partition coefficient (Wildman–Crippen LogP) is 1.76. The number of nitrogens with one attached hydrogen (secondary N) is 2. The van der Waals surface area contributed by atoms with Gasteiger partial charge in [-0.25, -0.2) is 9.78 Å². The zero-order valence-electron chi connectivity index (χ0n) is 14.0. The van der Waals surface area contributed by atoms with Crippen LogP contribution >= 0.6 is 0 Å². The number of aliphatic hydroxyl groups excluding tert-OH is 1. The summed E-state index contributed by atoms with van der Waals surface area (Å²) in [5.41, 5.74) is 0. The van der Waals surface area contributed by atoms with Crippen LogP contribution in [0, 0.1) is 5.92 Å². The Hall–Kier alpha value is -1.82. The molecule has 1 aromatic heterocycles. The summed E-state index contributed by atoms with van der Waals surface area (Å²) < 4.78 is 0. The Morgan fingerprint density at radius 2 is 2.13 bits per heavy atom. The first kappa shape index (κ1) is 17.5. The van der Waals surface area contributed by atoms with Crippen LogP contribution < -0.4 is 15.5 Å². The second-order valence-corrected chi connectivity index (χ2v) is 6.43. The Labute approximate surface area is 138 Å². The molecule has 1 atom stereocenters. The first-order valence-corrected chi connectivity index (χ1v) is 8.44. The molecular formula is C17H28N4O2. The van der Waals surface area contributed by atoms with E-state index in [1.54, 1.807) is 6.20 Å². The van der Waals surface area contributed by atoms with Gasteiger partial charge in [-0.3, -0.25) is 0 Å². The summed E-state index contributed by atoms with van der Waals surface area (Å²) in [5.74, 6) is 1.30. The zero-order valence-corrected chi connectivity index (χ0v) is 14.0. The second kappa shape index (κ2) is 8.72. The van der Waals surface area contributed by atoms with E-state index in [2.05, 4.69) is 20.5 Å². The van der Waals surface area contributed by atoms with Crippen molar-refractivity contribution in [2.45, 2.75) is 45.2 Å². The minimum absolute atomic E-state index is 0.00797. The third-order valence-electron chi connectivity index (χ3n) is 4.36. The maximum absolute atomic E-state index is 12.1. The summed E-state index contributed by atoms with van der Waals surface area (Å²) in [6.07, 6.45) is 4.22. The first-order valence-electron chi connectivity index (χ1n) is 8.44. The van der Waals surface area contributed by atoms with E-state index in [0.29, 0.717) is 12.3 Å². The Kier molecular flexibility index (Phi) is 6.65. The number of amides is 2. The number of piperidine rings is 1. The second-order valence-electron chi connectivity index (χ2n) is 6.43. The zero-order chi connectivity index (χ0) is 16.7. The van der Waals surface area contributed by atoms with Crippen molar-refractivity contribution in [3.63, 3.8) is 0 Å². The molecule has 2 rings (SSSR count). The topological polar surface area (TPSA) is 77.5 Å². The number of aliphatic hydroxyl groups is 1. The van der Waals surface area contributed by atoms with Gasteiger partial charge in [0.05, 0.1) is 0 Å². The van der Waals surface area contributed by atoms with E-state index >= 15 is 0 Å². The van der Waals surface area contributed by atoms with Crippen LogP contribution in [0.2, 0.25) is 0 Å². The maximum atomic E-state index is 12.1. The van der Waals surface area contributed by atoms with Crippen LogP contribution in [0.4, 0.5) is 10.6 Å². The van der Waals surface area contributed by atoms with Crippen LogP contribution in [0.25, 0.3) is 0 Å². The number of anilines is 1. The highest BCUT2D eigenvalue weighted by atomic mass is 16.3. The van der Waals surface area contributed by atoms with Gasteiger partial charge in [-0.2, -0.15) is 0 Å². The summed E-state index contributed by atoms with van der Waals surface area (Å²) in [4.78, 5) is 18.7. The molecule has 0 saturated carbocycles. The molecule has 3 N–H and O–H groups in total. The van der Waals surface area contributed by atoms with Crippen molar-refractivity contribution in [3.8, 4) is 0 Å². The molecule has 1 saturated heterocycles. The number of urea groups is 1. The van der Waals surface area contributed by atoms with Gasteiger partial charge in [-0.1, -0.05) is 19.9 Å². The molecular weight excluding hydrogens is 292 g/mol. The van der Waals surface area contributed by atoms with Gasteiger partial charge in [0.2, 0.25) is 0 Å². The molecule has 1 aliphatic heterocycles. The van der Waals surface area contributed by atoms with Crippen LogP contribution in [-0.4, -0.2) is 47.9 Å². The Morgan fingerprint density at radius 1 is 1.39 bits per heavy atom. The molecule has 6 nitrogen and oxygen atoms in total. The van der Waals surface area contributed by atoms with E-state index in [-0.39, 0.29) is 24.7 Å². The number of aromatic nitrogens is 1. The fraction of sp³-hybridized carbons (Fsp3) is 0.647. The summed E-state index contributed by atoms with van der Waals surface area (Å²) in [6, 6.07) is 5.99. The van der Waals surface area contributed by atoms with Gasteiger partial charge in [0.15, 0.2) is 0 Å². The van der Waals surface area contributed by atoms with E-state index in [1.807, 2.05) is 32.0 Å². The third-order valence-corrected chi connectivity index (χ3v) is 4.36. The Balaban J connectivity index is 1.76. The minimum Gasteiger partial charge on any atom is -0.396 e. The molecule has 128 valence electrons. The monoisotopic (exact) mass is 320 g/mol. The number of carbonyl (C=O) groups is 1. The fourth-order valence-electron chi connectivity index (χ4n) is 2.90. The van der Waals surface area contributed by atoms with Crippen molar-refractivity contribution in [1.29, 1.82) is 0 Å². The Bertz CT molecular complexity index is 473. The van der Waals surface area contributed by atoms with Crippen molar-refractivity contribution in [3.05, 3.63) is 24.4 Å². The summed E-state index contributed by atoms with van der Waals surface area (Å²) >= 11 is 0. The molecule has 2 heterocycles. The lowest BCUT2D eigenvalue weighted by molar-refractivity contribution is 0.214. The molecule has 0 aliphatic carbocycles. The van der Waals surface area contributed by atoms with Crippen LogP contribution in [0.3, 0.4) is 0 Å². The van der Waals surface area contributed by atoms with Crippen molar-refractivity contribution in [2.75, 3.05) is 24.6 Å². The van der Waals surface area contributed by atoms with Crippen LogP contribution in [0.1, 0.15) is 33.1 Å². The normalized spacial score (nSPS) is 17.1. The van der Waals surface area contributed by atoms with E-state index in [1.165, 1.54) is 0 Å². The van der Waals surface area contributed by atoms with Gasteiger partial charge in [0.25, 0.3) is 0 Å². The van der Waals surface area contributed by atoms with E-state index in [0.717, 1.165) is 31.7 Å². The lowest BCUT2D eigenvalue weighted by Gasteiger charge is -2.33. The van der Waals surface area contributed by atoms with Crippen molar-refractivity contribution in [1.82, 2.24) is 15.6 Å². The summed E-state index contributed by atoms with van der Waals surface area (Å²) in [5, 5.41) is 15.1. The number of carbonyl (C=O) groups excluding carboxylic acids is 1. The van der Waals surface area contributed by atoms with Crippen LogP contribution in [0.5, 0.6) is 0 Å². The highest BCUT2D eigenvalue weighted by Crippen LogP contribution is 2.17. The van der Waals surface area contributed by atoms with Crippen molar-refractivity contribution < 1.29 is 9.90 Å². The molecule has 1 aromatic rings. The largest absolute Gasteiger partial charge is 0.396 e. The predicted molar refractivity (Wildman–Crippen MR) is 91.5 cm³/mol. The molecule has 0 spiro atoms. The first-order chi connectivity index (χ1) is 11.1. The van der Waals surface area contributed by atoms with Crippen LogP contribution in [0.15, 0.2) is 24.4 Å². The highest BCUT2D eigenvalue weighted by molar-refractivity contribution is 5.74. The summed E-state index contributed by atoms with van der Waals surface area (Å²) in [6.45, 7) is 5.97. The lowest BCUT2D eigenvalue weighted by Crippen LogP contribution is -2.51. The Morgan fingerprint density at radius 3 is 2.70 bits per heavy atom. The molecule has 0 bridgehead atoms. The number of hydrogen-bond donors (Lipinski definition) is 3. The molecule has 23 heavy (non-hydrogen) atoms. The van der Waals surface area contributed by atoms with Crippen molar-refractivity contribution in [2.24, 2.45) is 5.92 Å². The van der Waals surface area contributed by atoms with E-state index in [4.69, 9.17) is 5.11 Å². The number of pyridine rings is 1. The summed E-state index contributed by atoms with van der Waals surface area (Å²) in [7, 11) is 0. The molecule has 6 heteroatoms. The third kappa shape index (κ3) is 5.39. The molecule has 0 radical (unpaired) electrons. The van der Waals surface area contributed by atoms with E-state index in [9.17, 15) is 4.79 Å². The van der Waals surface area contributed by atoms with Gasteiger partial charge < -0.3 is 20.6 Å². The quantitative estimate of drug-likeness (QED) is 0.746. The van der Waals surface area contributed by atoms with Crippen molar-refractivity contribution >= 4 is 11.8 Å². The molecule has 0 aromatic carbocycles. The average Bonchev–Trinajstić information content (AvgIpc) is 2.56. The molecule has 1 aliphatic rings. The smallest absolute Gasteiger partial charge is 0.315 e. The number of hydrogen-bond acceptors (Lipinski definition) is 4. The minimum atomic E-state index is -0.131. The molecule has 2 amide bonds. The maximum Gasteiger partial charge on any atom is 0.315 e. The number of nitrogens with zero attached hydrogens (tertiary/aromatic N) is 2. The average molecular weight is 320 g/mol. The number of rotatable bonds is 6. The van der Waals surface area contributed by atoms with Gasteiger partial charge in [0, 0.05) is 38.0 Å². The van der Waals surface area contributed by atoms with Gasteiger partial charge in [0.1, 0.15) is 5.82 Å². The van der Waals surface area contributed by atoms with Gasteiger partial charge in [-0.15, -0.1) is 0 Å². The van der Waals surface area contributed by atoms with Gasteiger partial charge in [-0.05, 0) is 37.3 Å². The van der Waals surface area contributed by atoms with Gasteiger partial charge >= 0.3 is 6.03 Å². The molecule has 1 fully saturated rings.